The molecular weight excluding hydrogens is 245 g/mol. The maximum absolute atomic E-state index is 12.2. The van der Waals surface area contributed by atoms with Crippen LogP contribution in [0.15, 0.2) is 24.3 Å². The first kappa shape index (κ1) is 14.5. The van der Waals surface area contributed by atoms with Crippen LogP contribution in [-0.2, 0) is 4.79 Å². The molecule has 3 nitrogen and oxygen atoms in total. The Balaban J connectivity index is 2.75. The van der Waals surface area contributed by atoms with E-state index < -0.39 is 24.7 Å². The first-order valence-corrected chi connectivity index (χ1v) is 5.34. The molecule has 0 aliphatic carbocycles. The molecule has 1 amide bonds. The average Bonchev–Trinajstić information content (AvgIpc) is 2.26. The monoisotopic (exact) mass is 260 g/mol. The van der Waals surface area contributed by atoms with Gasteiger partial charge >= 0.3 is 6.18 Å². The number of alkyl halides is 3. The smallest absolute Gasteiger partial charge is 0.335 e. The molecule has 0 fully saturated rings. The van der Waals surface area contributed by atoms with Crippen molar-refractivity contribution >= 4 is 5.91 Å². The van der Waals surface area contributed by atoms with Crippen LogP contribution >= 0.6 is 0 Å². The topological polar surface area (TPSA) is 46.3 Å². The SMILES string of the molecule is Cc1ccc(C(N)C(=O)N(C)CC(F)(F)F)cc1. The van der Waals surface area contributed by atoms with E-state index in [9.17, 15) is 18.0 Å². The molecule has 0 heterocycles. The summed E-state index contributed by atoms with van der Waals surface area (Å²) in [4.78, 5) is 12.3. The molecule has 100 valence electrons. The Labute approximate surface area is 103 Å². The number of nitrogens with zero attached hydrogens (tertiary/aromatic N) is 1. The van der Waals surface area contributed by atoms with E-state index in [1.165, 1.54) is 0 Å². The van der Waals surface area contributed by atoms with E-state index in [1.807, 2.05) is 6.92 Å². The molecule has 0 aliphatic rings. The lowest BCUT2D eigenvalue weighted by Crippen LogP contribution is -2.41. The van der Waals surface area contributed by atoms with Crippen LogP contribution in [0.2, 0.25) is 0 Å². The number of aryl methyl sites for hydroxylation is 1. The molecule has 0 saturated carbocycles. The van der Waals surface area contributed by atoms with Gasteiger partial charge in [-0.3, -0.25) is 4.79 Å². The van der Waals surface area contributed by atoms with Gasteiger partial charge in [0.1, 0.15) is 12.6 Å². The zero-order valence-corrected chi connectivity index (χ0v) is 10.2. The number of rotatable bonds is 3. The van der Waals surface area contributed by atoms with E-state index in [-0.39, 0.29) is 0 Å². The van der Waals surface area contributed by atoms with Gasteiger partial charge in [0.25, 0.3) is 0 Å². The highest BCUT2D eigenvalue weighted by atomic mass is 19.4. The number of carbonyl (C=O) groups excluding carboxylic acids is 1. The summed E-state index contributed by atoms with van der Waals surface area (Å²) in [6.07, 6.45) is -4.42. The summed E-state index contributed by atoms with van der Waals surface area (Å²) in [5, 5.41) is 0. The normalized spacial score (nSPS) is 13.2. The predicted molar refractivity (Wildman–Crippen MR) is 61.8 cm³/mol. The van der Waals surface area contributed by atoms with Gasteiger partial charge in [-0.05, 0) is 12.5 Å². The summed E-state index contributed by atoms with van der Waals surface area (Å²) >= 11 is 0. The molecule has 1 atom stereocenters. The van der Waals surface area contributed by atoms with E-state index in [4.69, 9.17) is 5.73 Å². The highest BCUT2D eigenvalue weighted by Gasteiger charge is 2.32. The number of halogens is 3. The van der Waals surface area contributed by atoms with Crippen LogP contribution in [0.25, 0.3) is 0 Å². The maximum atomic E-state index is 12.2. The Kier molecular flexibility index (Phi) is 4.34. The van der Waals surface area contributed by atoms with Gasteiger partial charge in [0, 0.05) is 7.05 Å². The average molecular weight is 260 g/mol. The first-order valence-electron chi connectivity index (χ1n) is 5.34. The Morgan fingerprint density at radius 1 is 1.33 bits per heavy atom. The van der Waals surface area contributed by atoms with Gasteiger partial charge in [-0.1, -0.05) is 29.8 Å². The summed E-state index contributed by atoms with van der Waals surface area (Å²) < 4.78 is 36.5. The zero-order valence-electron chi connectivity index (χ0n) is 10.2. The number of nitrogens with two attached hydrogens (primary N) is 1. The Bertz CT molecular complexity index is 414. The molecule has 0 aromatic heterocycles. The molecule has 2 N–H and O–H groups in total. The van der Waals surface area contributed by atoms with Crippen molar-refractivity contribution in [2.24, 2.45) is 5.73 Å². The molecule has 0 saturated heterocycles. The van der Waals surface area contributed by atoms with Gasteiger partial charge < -0.3 is 10.6 Å². The van der Waals surface area contributed by atoms with Crippen LogP contribution in [0.4, 0.5) is 13.2 Å². The molecule has 0 aliphatic heterocycles. The molecule has 0 spiro atoms. The van der Waals surface area contributed by atoms with Crippen LogP contribution in [-0.4, -0.2) is 30.6 Å². The number of benzene rings is 1. The lowest BCUT2D eigenvalue weighted by Gasteiger charge is -2.22. The van der Waals surface area contributed by atoms with Gasteiger partial charge in [0.05, 0.1) is 0 Å². The molecule has 1 aromatic carbocycles. The Morgan fingerprint density at radius 2 is 1.83 bits per heavy atom. The maximum Gasteiger partial charge on any atom is 0.406 e. The van der Waals surface area contributed by atoms with Gasteiger partial charge in [0.2, 0.25) is 5.91 Å². The van der Waals surface area contributed by atoms with Gasteiger partial charge in [-0.15, -0.1) is 0 Å². The molecule has 0 bridgehead atoms. The van der Waals surface area contributed by atoms with Crippen molar-refractivity contribution in [1.29, 1.82) is 0 Å². The highest BCUT2D eigenvalue weighted by molar-refractivity contribution is 5.82. The van der Waals surface area contributed by atoms with Crippen molar-refractivity contribution in [3.8, 4) is 0 Å². The fourth-order valence-electron chi connectivity index (χ4n) is 1.50. The number of carbonyl (C=O) groups is 1. The summed E-state index contributed by atoms with van der Waals surface area (Å²) in [6, 6.07) is 5.72. The quantitative estimate of drug-likeness (QED) is 0.903. The second-order valence-corrected chi connectivity index (χ2v) is 4.20. The zero-order chi connectivity index (χ0) is 13.9. The number of hydrogen-bond donors (Lipinski definition) is 1. The molecule has 1 rings (SSSR count). The molecular formula is C12H15F3N2O. The molecule has 1 unspecified atom stereocenters. The second-order valence-electron chi connectivity index (χ2n) is 4.20. The second kappa shape index (κ2) is 5.39. The van der Waals surface area contributed by atoms with Crippen molar-refractivity contribution < 1.29 is 18.0 Å². The third kappa shape index (κ3) is 4.03. The minimum atomic E-state index is -4.42. The lowest BCUT2D eigenvalue weighted by atomic mass is 10.0. The van der Waals surface area contributed by atoms with E-state index in [0.717, 1.165) is 12.6 Å². The van der Waals surface area contributed by atoms with Crippen LogP contribution < -0.4 is 5.73 Å². The van der Waals surface area contributed by atoms with Crippen LogP contribution in [0.1, 0.15) is 17.2 Å². The number of hydrogen-bond acceptors (Lipinski definition) is 2. The van der Waals surface area contributed by atoms with Crippen LogP contribution in [0.3, 0.4) is 0 Å². The largest absolute Gasteiger partial charge is 0.406 e. The van der Waals surface area contributed by atoms with Gasteiger partial charge in [-0.25, -0.2) is 0 Å². The summed E-state index contributed by atoms with van der Waals surface area (Å²) in [6.45, 7) is 0.568. The standard InChI is InChI=1S/C12H15F3N2O/c1-8-3-5-9(6-4-8)10(16)11(18)17(2)7-12(13,14)15/h3-6,10H,7,16H2,1-2H3. The highest BCUT2D eigenvalue weighted by Crippen LogP contribution is 2.19. The van der Waals surface area contributed by atoms with Crippen molar-refractivity contribution in [3.63, 3.8) is 0 Å². The van der Waals surface area contributed by atoms with E-state index in [1.54, 1.807) is 24.3 Å². The summed E-state index contributed by atoms with van der Waals surface area (Å²) in [5.41, 5.74) is 7.14. The minimum Gasteiger partial charge on any atom is -0.335 e. The fourth-order valence-corrected chi connectivity index (χ4v) is 1.50. The molecule has 0 radical (unpaired) electrons. The third-order valence-corrected chi connectivity index (χ3v) is 2.50. The molecule has 1 aromatic rings. The number of amides is 1. The van der Waals surface area contributed by atoms with Gasteiger partial charge in [0.15, 0.2) is 0 Å². The molecule has 18 heavy (non-hydrogen) atoms. The third-order valence-electron chi connectivity index (χ3n) is 2.50. The van der Waals surface area contributed by atoms with Crippen molar-refractivity contribution in [1.82, 2.24) is 4.90 Å². The predicted octanol–water partition coefficient (Wildman–Crippen LogP) is 2.02. The summed E-state index contributed by atoms with van der Waals surface area (Å²) in [7, 11) is 1.09. The summed E-state index contributed by atoms with van der Waals surface area (Å²) in [5.74, 6) is -0.754. The number of likely N-dealkylation sites (N-methyl/N-ethyl adjacent to an activating group) is 1. The fraction of sp³-hybridized carbons (Fsp3) is 0.417. The van der Waals surface area contributed by atoms with Crippen molar-refractivity contribution in [3.05, 3.63) is 35.4 Å². The minimum absolute atomic E-state index is 0.500. The Morgan fingerprint density at radius 3 is 2.28 bits per heavy atom. The Hall–Kier alpha value is -1.56. The van der Waals surface area contributed by atoms with Crippen molar-refractivity contribution in [2.75, 3.05) is 13.6 Å². The van der Waals surface area contributed by atoms with Crippen molar-refractivity contribution in [2.45, 2.75) is 19.1 Å². The first-order chi connectivity index (χ1) is 8.20. The lowest BCUT2D eigenvalue weighted by molar-refractivity contribution is -0.159. The van der Waals surface area contributed by atoms with E-state index >= 15 is 0 Å². The van der Waals surface area contributed by atoms with E-state index in [0.29, 0.717) is 10.5 Å². The van der Waals surface area contributed by atoms with E-state index in [2.05, 4.69) is 0 Å². The van der Waals surface area contributed by atoms with Crippen LogP contribution in [0, 0.1) is 6.92 Å². The van der Waals surface area contributed by atoms with Gasteiger partial charge in [-0.2, -0.15) is 13.2 Å². The van der Waals surface area contributed by atoms with Crippen LogP contribution in [0.5, 0.6) is 0 Å². The molecule has 6 heteroatoms.